The van der Waals surface area contributed by atoms with Gasteiger partial charge in [-0.3, -0.25) is 0 Å². The highest BCUT2D eigenvalue weighted by Crippen LogP contribution is 1.81. The zero-order chi connectivity index (χ0) is 5.82. The van der Waals surface area contributed by atoms with Crippen molar-refractivity contribution in [1.82, 2.24) is 0 Å². The van der Waals surface area contributed by atoms with Crippen LogP contribution in [0, 0.1) is 0 Å². The first-order valence-corrected chi connectivity index (χ1v) is 5.38. The van der Waals surface area contributed by atoms with E-state index in [9.17, 15) is 0 Å². The Hall–Kier alpha value is 0.566. The maximum atomic E-state index is 5.67. The number of rotatable bonds is 1. The first kappa shape index (κ1) is 9.57. The first-order valence-electron chi connectivity index (χ1n) is 2.53. The van der Waals surface area contributed by atoms with Gasteiger partial charge in [-0.25, -0.2) is 0 Å². The lowest BCUT2D eigenvalue weighted by molar-refractivity contribution is 1.77. The van der Waals surface area contributed by atoms with Gasteiger partial charge in [0.2, 0.25) is 0 Å². The summed E-state index contributed by atoms with van der Waals surface area (Å²) < 4.78 is 1.31. The maximum absolute atomic E-state index is 5.67. The smallest absolute Gasteiger partial charge is 0.336 e. The van der Waals surface area contributed by atoms with Gasteiger partial charge in [-0.15, -0.1) is 16.1 Å². The predicted octanol–water partition coefficient (Wildman–Crippen LogP) is 1.59. The molecule has 3 heteroatoms. The second-order valence-electron chi connectivity index (χ2n) is 1.62. The summed E-state index contributed by atoms with van der Waals surface area (Å²) in [7, 11) is 5.67. The molecule has 0 aliphatic carbocycles. The molecular formula is C6H6Cl2Mg. The Labute approximate surface area is 74.5 Å². The van der Waals surface area contributed by atoms with Crippen molar-refractivity contribution in [3.8, 4) is 0 Å². The van der Waals surface area contributed by atoms with Gasteiger partial charge < -0.3 is 9.07 Å². The molecule has 0 saturated heterocycles. The molecule has 0 atom stereocenters. The Bertz CT molecular complexity index is 152. The molecule has 0 radical (unpaired) electrons. The highest BCUT2D eigenvalue weighted by atomic mass is 35.5. The Morgan fingerprint density at radius 2 is 1.67 bits per heavy atom. The normalized spacial score (nSPS) is 7.22. The van der Waals surface area contributed by atoms with Gasteiger partial charge in [0.1, 0.15) is 0 Å². The minimum atomic E-state index is -0.437. The molecule has 9 heavy (non-hydrogen) atoms. The third-order valence-electron chi connectivity index (χ3n) is 0.997. The number of hydrogen-bond donors (Lipinski definition) is 0. The monoisotopic (exact) mass is 172 g/mol. The molecule has 0 aliphatic heterocycles. The van der Waals surface area contributed by atoms with Crippen LogP contribution in [0.4, 0.5) is 0 Å². The molecule has 0 aromatic heterocycles. The van der Waals surface area contributed by atoms with E-state index in [0.717, 1.165) is 0 Å². The van der Waals surface area contributed by atoms with Gasteiger partial charge in [-0.1, -0.05) is 30.3 Å². The molecule has 46 valence electrons. The van der Waals surface area contributed by atoms with Crippen LogP contribution in [0.3, 0.4) is 0 Å². The fourth-order valence-corrected chi connectivity index (χ4v) is 1.55. The lowest BCUT2D eigenvalue weighted by Crippen LogP contribution is -2.05. The molecule has 0 heterocycles. The van der Waals surface area contributed by atoms with E-state index in [-0.39, 0.29) is 12.4 Å². The number of halogens is 2. The lowest BCUT2D eigenvalue weighted by Gasteiger charge is -1.87. The molecule has 0 nitrogen and oxygen atoms in total. The van der Waals surface area contributed by atoms with Gasteiger partial charge in [0.25, 0.3) is 0 Å². The molecule has 0 saturated carbocycles. The maximum Gasteiger partial charge on any atom is 0.538 e. The minimum Gasteiger partial charge on any atom is -0.336 e. The van der Waals surface area contributed by atoms with Crippen molar-refractivity contribution in [2.75, 3.05) is 0 Å². The predicted molar refractivity (Wildman–Crippen MR) is 44.9 cm³/mol. The van der Waals surface area contributed by atoms with E-state index in [1.165, 1.54) is 3.69 Å². The minimum absolute atomic E-state index is 0. The molecule has 0 aliphatic rings. The van der Waals surface area contributed by atoms with Crippen LogP contribution in [0.1, 0.15) is 0 Å². The van der Waals surface area contributed by atoms with E-state index in [0.29, 0.717) is 0 Å². The quantitative estimate of drug-likeness (QED) is 0.566. The second kappa shape index (κ2) is 5.36. The van der Waals surface area contributed by atoms with Crippen molar-refractivity contribution >= 4 is 44.4 Å². The van der Waals surface area contributed by atoms with Crippen LogP contribution in [0.5, 0.6) is 0 Å². The fourth-order valence-electron chi connectivity index (χ4n) is 0.567. The molecular weight excluding hydrogens is 167 g/mol. The number of hydrogen-bond acceptors (Lipinski definition) is 0. The van der Waals surface area contributed by atoms with Crippen LogP contribution in [-0.2, 0) is 0 Å². The van der Waals surface area contributed by atoms with E-state index in [4.69, 9.17) is 9.07 Å². The van der Waals surface area contributed by atoms with Crippen molar-refractivity contribution in [1.29, 1.82) is 0 Å². The SMILES string of the molecule is Cl.[Cl][Mg][c]1ccccc1. The average molecular weight is 173 g/mol. The largest absolute Gasteiger partial charge is 0.538 e. The summed E-state index contributed by atoms with van der Waals surface area (Å²) >= 11 is -0.437. The van der Waals surface area contributed by atoms with Crippen molar-refractivity contribution in [2.45, 2.75) is 0 Å². The molecule has 0 N–H and O–H groups in total. The summed E-state index contributed by atoms with van der Waals surface area (Å²) in [6.45, 7) is 0. The fraction of sp³-hybridized carbons (Fsp3) is 0. The first-order chi connectivity index (χ1) is 3.93. The Kier molecular flexibility index (Phi) is 5.70. The van der Waals surface area contributed by atoms with Crippen LogP contribution in [0.15, 0.2) is 30.3 Å². The summed E-state index contributed by atoms with van der Waals surface area (Å²) in [4.78, 5) is 0. The van der Waals surface area contributed by atoms with Gasteiger partial charge >= 0.3 is 19.3 Å². The topological polar surface area (TPSA) is 0 Å². The van der Waals surface area contributed by atoms with E-state index in [1.807, 2.05) is 18.2 Å². The Morgan fingerprint density at radius 3 is 2.00 bits per heavy atom. The molecule has 0 bridgehead atoms. The van der Waals surface area contributed by atoms with Crippen LogP contribution in [-0.4, -0.2) is 19.3 Å². The molecule has 1 rings (SSSR count). The molecule has 0 fully saturated rings. The summed E-state index contributed by atoms with van der Waals surface area (Å²) in [5.74, 6) is 0. The van der Waals surface area contributed by atoms with Crippen molar-refractivity contribution in [3.63, 3.8) is 0 Å². The zero-order valence-electron chi connectivity index (χ0n) is 4.88. The van der Waals surface area contributed by atoms with Crippen molar-refractivity contribution in [2.24, 2.45) is 0 Å². The molecule has 0 amide bonds. The highest BCUT2D eigenvalue weighted by Gasteiger charge is 1.89. The third kappa shape index (κ3) is 3.31. The summed E-state index contributed by atoms with van der Waals surface area (Å²) in [5, 5.41) is 0. The van der Waals surface area contributed by atoms with Crippen LogP contribution in [0.2, 0.25) is 0 Å². The Balaban J connectivity index is 0.000000640. The summed E-state index contributed by atoms with van der Waals surface area (Å²) in [6, 6.07) is 10.2. The average Bonchev–Trinajstić information content (AvgIpc) is 1.90. The van der Waals surface area contributed by atoms with Gasteiger partial charge in [0.15, 0.2) is 0 Å². The zero-order valence-corrected chi connectivity index (χ0v) is 7.87. The van der Waals surface area contributed by atoms with Crippen LogP contribution < -0.4 is 3.69 Å². The molecule has 1 aromatic rings. The molecule has 0 spiro atoms. The van der Waals surface area contributed by atoms with E-state index in [1.54, 1.807) is 0 Å². The second-order valence-corrected chi connectivity index (χ2v) is 3.50. The van der Waals surface area contributed by atoms with Gasteiger partial charge in [0.05, 0.1) is 0 Å². The van der Waals surface area contributed by atoms with E-state index in [2.05, 4.69) is 12.1 Å². The van der Waals surface area contributed by atoms with Crippen LogP contribution in [0.25, 0.3) is 0 Å². The highest BCUT2D eigenvalue weighted by molar-refractivity contribution is 7.01. The third-order valence-corrected chi connectivity index (χ3v) is 2.70. The number of benzene rings is 1. The summed E-state index contributed by atoms with van der Waals surface area (Å²) in [5.41, 5.74) is 0. The van der Waals surface area contributed by atoms with E-state index >= 15 is 0 Å². The van der Waals surface area contributed by atoms with E-state index < -0.39 is 19.3 Å². The standard InChI is InChI=1S/C6H5.2ClH.Mg/c1-2-4-6-5-3-1;;;/h1-5H;2*1H;/q;;;+1/p-1. The molecule has 0 unspecified atom stereocenters. The lowest BCUT2D eigenvalue weighted by atomic mass is 10.4. The van der Waals surface area contributed by atoms with Gasteiger partial charge in [0, 0.05) is 0 Å². The molecule has 1 aromatic carbocycles. The summed E-state index contributed by atoms with van der Waals surface area (Å²) in [6.07, 6.45) is 0. The van der Waals surface area contributed by atoms with Crippen LogP contribution >= 0.6 is 21.5 Å². The van der Waals surface area contributed by atoms with Crippen molar-refractivity contribution < 1.29 is 0 Å². The van der Waals surface area contributed by atoms with Gasteiger partial charge in [-0.2, -0.15) is 0 Å². The Morgan fingerprint density at radius 1 is 1.11 bits per heavy atom. The van der Waals surface area contributed by atoms with Gasteiger partial charge in [-0.05, 0) is 0 Å². The van der Waals surface area contributed by atoms with Crippen molar-refractivity contribution in [3.05, 3.63) is 30.3 Å².